The summed E-state index contributed by atoms with van der Waals surface area (Å²) in [6.07, 6.45) is 5.47. The molecular weight excluding hydrogens is 134 g/mol. The molecule has 0 bridgehead atoms. The van der Waals surface area contributed by atoms with Crippen LogP contribution in [0.15, 0.2) is 23.8 Å². The van der Waals surface area contributed by atoms with E-state index in [0.29, 0.717) is 5.92 Å². The molecule has 0 aromatic carbocycles. The van der Waals surface area contributed by atoms with Crippen LogP contribution in [0.1, 0.15) is 26.2 Å². The predicted molar refractivity (Wildman–Crippen MR) is 45.9 cm³/mol. The molecule has 0 aromatic rings. The van der Waals surface area contributed by atoms with Gasteiger partial charge < -0.3 is 0 Å². The molecule has 1 unspecified atom stereocenters. The Kier molecular flexibility index (Phi) is 2.48. The van der Waals surface area contributed by atoms with Gasteiger partial charge in [-0.05, 0) is 32.1 Å². The Balaban J connectivity index is 2.55. The molecule has 1 rings (SSSR count). The summed E-state index contributed by atoms with van der Waals surface area (Å²) >= 11 is 0. The van der Waals surface area contributed by atoms with Gasteiger partial charge in [0.25, 0.3) is 0 Å². The van der Waals surface area contributed by atoms with Crippen LogP contribution in [0.2, 0.25) is 0 Å². The summed E-state index contributed by atoms with van der Waals surface area (Å²) < 4.78 is 0. The van der Waals surface area contributed by atoms with Crippen molar-refractivity contribution in [1.82, 2.24) is 0 Å². The molecule has 0 radical (unpaired) electrons. The van der Waals surface area contributed by atoms with Crippen molar-refractivity contribution in [3.8, 4) is 6.07 Å². The highest BCUT2D eigenvalue weighted by Crippen LogP contribution is 2.27. The van der Waals surface area contributed by atoms with Crippen molar-refractivity contribution < 1.29 is 0 Å². The third-order valence-corrected chi connectivity index (χ3v) is 2.27. The fraction of sp³-hybridized carbons (Fsp3) is 0.500. The number of rotatable bonds is 1. The van der Waals surface area contributed by atoms with Gasteiger partial charge in [-0.25, -0.2) is 0 Å². The van der Waals surface area contributed by atoms with Crippen LogP contribution in [0.25, 0.3) is 0 Å². The second-order valence-corrected chi connectivity index (χ2v) is 3.16. The van der Waals surface area contributed by atoms with Crippen LogP contribution in [-0.4, -0.2) is 0 Å². The lowest BCUT2D eigenvalue weighted by atomic mass is 9.86. The number of hydrogen-bond acceptors (Lipinski definition) is 1. The van der Waals surface area contributed by atoms with Crippen LogP contribution in [0, 0.1) is 17.2 Å². The maximum Gasteiger partial charge on any atom is 0.0943 e. The molecule has 0 amide bonds. The normalized spacial score (nSPS) is 23.6. The summed E-state index contributed by atoms with van der Waals surface area (Å²) in [6.45, 7) is 5.88. The van der Waals surface area contributed by atoms with E-state index >= 15 is 0 Å². The van der Waals surface area contributed by atoms with E-state index in [1.165, 1.54) is 5.57 Å². The minimum absolute atomic E-state index is 0.420. The highest BCUT2D eigenvalue weighted by Gasteiger charge is 2.14. The number of allylic oxidation sites excluding steroid dienone is 3. The smallest absolute Gasteiger partial charge is 0.0943 e. The molecular formula is C10H13N. The summed E-state index contributed by atoms with van der Waals surface area (Å²) in [5.41, 5.74) is 2.20. The quantitative estimate of drug-likeness (QED) is 0.413. The molecule has 0 heterocycles. The van der Waals surface area contributed by atoms with Crippen molar-refractivity contribution in [3.05, 3.63) is 23.8 Å². The predicted octanol–water partition coefficient (Wildman–Crippen LogP) is 2.81. The second-order valence-electron chi connectivity index (χ2n) is 3.16. The fourth-order valence-electron chi connectivity index (χ4n) is 1.37. The zero-order valence-electron chi connectivity index (χ0n) is 6.93. The molecule has 0 fully saturated rings. The zero-order valence-corrected chi connectivity index (χ0v) is 6.93. The highest BCUT2D eigenvalue weighted by atomic mass is 14.3. The van der Waals surface area contributed by atoms with Crippen LogP contribution in [0.5, 0.6) is 0 Å². The summed E-state index contributed by atoms with van der Waals surface area (Å²) in [5.74, 6) is 0.420. The largest absolute Gasteiger partial charge is 0.193 e. The molecule has 0 saturated heterocycles. The van der Waals surface area contributed by atoms with Gasteiger partial charge in [0.2, 0.25) is 0 Å². The van der Waals surface area contributed by atoms with Gasteiger partial charge in [0.1, 0.15) is 0 Å². The first-order valence-corrected chi connectivity index (χ1v) is 3.98. The minimum atomic E-state index is 0.420. The van der Waals surface area contributed by atoms with Crippen molar-refractivity contribution in [2.45, 2.75) is 26.2 Å². The maximum absolute atomic E-state index is 8.58. The third kappa shape index (κ3) is 1.94. The Labute approximate surface area is 68.0 Å². The first kappa shape index (κ1) is 8.07. The SMILES string of the molecule is C=C(C#N)C1CC=C(C)CC1. The van der Waals surface area contributed by atoms with Crippen molar-refractivity contribution in [2.75, 3.05) is 0 Å². The van der Waals surface area contributed by atoms with Crippen LogP contribution in [-0.2, 0) is 0 Å². The lowest BCUT2D eigenvalue weighted by Crippen LogP contribution is -2.05. The molecule has 0 aromatic heterocycles. The molecule has 1 atom stereocenters. The minimum Gasteiger partial charge on any atom is -0.193 e. The van der Waals surface area contributed by atoms with E-state index in [1.54, 1.807) is 0 Å². The molecule has 0 aliphatic heterocycles. The molecule has 0 N–H and O–H groups in total. The van der Waals surface area contributed by atoms with Crippen molar-refractivity contribution in [2.24, 2.45) is 5.92 Å². The van der Waals surface area contributed by atoms with Crippen molar-refractivity contribution in [1.29, 1.82) is 5.26 Å². The molecule has 1 aliphatic rings. The Hall–Kier alpha value is -1.03. The summed E-state index contributed by atoms with van der Waals surface area (Å²) in [6, 6.07) is 2.13. The topological polar surface area (TPSA) is 23.8 Å². The van der Waals surface area contributed by atoms with Gasteiger partial charge in [0.05, 0.1) is 6.07 Å². The van der Waals surface area contributed by atoms with Crippen LogP contribution in [0.3, 0.4) is 0 Å². The Bertz CT molecular complexity index is 230. The van der Waals surface area contributed by atoms with Gasteiger partial charge in [-0.1, -0.05) is 18.2 Å². The molecule has 0 saturated carbocycles. The van der Waals surface area contributed by atoms with Gasteiger partial charge in [0, 0.05) is 5.57 Å². The number of nitrogens with zero attached hydrogens (tertiary/aromatic N) is 1. The lowest BCUT2D eigenvalue weighted by molar-refractivity contribution is 0.552. The fourth-order valence-corrected chi connectivity index (χ4v) is 1.37. The van der Waals surface area contributed by atoms with Gasteiger partial charge in [0.15, 0.2) is 0 Å². The van der Waals surface area contributed by atoms with Gasteiger partial charge in [-0.15, -0.1) is 0 Å². The molecule has 0 spiro atoms. The monoisotopic (exact) mass is 147 g/mol. The highest BCUT2D eigenvalue weighted by molar-refractivity contribution is 5.22. The lowest BCUT2D eigenvalue weighted by Gasteiger charge is -2.18. The first-order valence-electron chi connectivity index (χ1n) is 3.98. The maximum atomic E-state index is 8.58. The van der Waals surface area contributed by atoms with E-state index in [0.717, 1.165) is 24.8 Å². The first-order chi connectivity index (χ1) is 5.24. The molecule has 11 heavy (non-hydrogen) atoms. The summed E-state index contributed by atoms with van der Waals surface area (Å²) in [4.78, 5) is 0. The average molecular weight is 147 g/mol. The standard InChI is InChI=1S/C10H13N/c1-8-3-5-10(6-4-8)9(2)7-11/h3,10H,2,4-6H2,1H3. The number of nitriles is 1. The van der Waals surface area contributed by atoms with Crippen LogP contribution in [0.4, 0.5) is 0 Å². The molecule has 1 nitrogen and oxygen atoms in total. The van der Waals surface area contributed by atoms with Crippen LogP contribution < -0.4 is 0 Å². The Morgan fingerprint density at radius 3 is 3.00 bits per heavy atom. The van der Waals surface area contributed by atoms with Crippen molar-refractivity contribution >= 4 is 0 Å². The zero-order chi connectivity index (χ0) is 8.27. The van der Waals surface area contributed by atoms with E-state index in [-0.39, 0.29) is 0 Å². The van der Waals surface area contributed by atoms with E-state index in [1.807, 2.05) is 0 Å². The van der Waals surface area contributed by atoms with Gasteiger partial charge in [-0.2, -0.15) is 5.26 Å². The van der Waals surface area contributed by atoms with E-state index in [4.69, 9.17) is 5.26 Å². The molecule has 1 heteroatoms. The number of hydrogen-bond donors (Lipinski definition) is 0. The van der Waals surface area contributed by atoms with E-state index < -0.39 is 0 Å². The van der Waals surface area contributed by atoms with Crippen molar-refractivity contribution in [3.63, 3.8) is 0 Å². The Morgan fingerprint density at radius 2 is 2.55 bits per heavy atom. The molecule has 1 aliphatic carbocycles. The van der Waals surface area contributed by atoms with E-state index in [2.05, 4.69) is 25.6 Å². The summed E-state index contributed by atoms with van der Waals surface area (Å²) in [5, 5.41) is 8.58. The van der Waals surface area contributed by atoms with Crippen LogP contribution >= 0.6 is 0 Å². The van der Waals surface area contributed by atoms with Gasteiger partial charge in [-0.3, -0.25) is 0 Å². The third-order valence-electron chi connectivity index (χ3n) is 2.27. The molecule has 58 valence electrons. The second kappa shape index (κ2) is 3.39. The summed E-state index contributed by atoms with van der Waals surface area (Å²) in [7, 11) is 0. The van der Waals surface area contributed by atoms with Gasteiger partial charge >= 0.3 is 0 Å². The average Bonchev–Trinajstić information content (AvgIpc) is 2.05. The Morgan fingerprint density at radius 1 is 1.82 bits per heavy atom. The van der Waals surface area contributed by atoms with E-state index in [9.17, 15) is 0 Å².